The molecule has 0 amide bonds. The van der Waals surface area contributed by atoms with Crippen molar-refractivity contribution in [3.8, 4) is 5.75 Å². The van der Waals surface area contributed by atoms with Crippen molar-refractivity contribution in [1.29, 1.82) is 0 Å². The molecule has 0 aliphatic heterocycles. The first kappa shape index (κ1) is 15.2. The predicted molar refractivity (Wildman–Crippen MR) is 84.8 cm³/mol. The predicted octanol–water partition coefficient (Wildman–Crippen LogP) is 4.55. The highest BCUT2D eigenvalue weighted by Gasteiger charge is 2.13. The first-order valence-corrected chi connectivity index (χ1v) is 7.11. The van der Waals surface area contributed by atoms with Crippen LogP contribution < -0.4 is 10.5 Å². The Labute approximate surface area is 129 Å². The van der Waals surface area contributed by atoms with Crippen LogP contribution in [0.15, 0.2) is 36.4 Å². The minimum absolute atomic E-state index is 0.179. The van der Waals surface area contributed by atoms with Crippen LogP contribution in [-0.2, 0) is 6.42 Å². The summed E-state index contributed by atoms with van der Waals surface area (Å²) < 4.78 is 5.33. The zero-order chi connectivity index (χ0) is 14.7. The fourth-order valence-electron chi connectivity index (χ4n) is 2.13. The molecule has 0 fully saturated rings. The molecule has 0 saturated carbocycles. The van der Waals surface area contributed by atoms with Gasteiger partial charge in [-0.05, 0) is 48.2 Å². The number of ether oxygens (including phenoxy) is 1. The summed E-state index contributed by atoms with van der Waals surface area (Å²) in [5.74, 6) is 0.836. The minimum atomic E-state index is -0.179. The maximum absolute atomic E-state index is 6.27. The molecule has 2 rings (SSSR count). The summed E-state index contributed by atoms with van der Waals surface area (Å²) in [5.41, 5.74) is 9.23. The molecule has 0 aliphatic carbocycles. The Morgan fingerprint density at radius 2 is 1.80 bits per heavy atom. The van der Waals surface area contributed by atoms with Crippen LogP contribution in [-0.4, -0.2) is 7.11 Å². The lowest BCUT2D eigenvalue weighted by molar-refractivity contribution is 0.410. The van der Waals surface area contributed by atoms with Crippen LogP contribution in [0.3, 0.4) is 0 Å². The second kappa shape index (κ2) is 6.49. The number of methoxy groups -OCH3 is 1. The molecule has 0 aliphatic rings. The highest BCUT2D eigenvalue weighted by atomic mass is 35.5. The van der Waals surface area contributed by atoms with Crippen molar-refractivity contribution in [3.63, 3.8) is 0 Å². The first-order chi connectivity index (χ1) is 9.52. The van der Waals surface area contributed by atoms with Crippen LogP contribution in [0.2, 0.25) is 10.0 Å². The van der Waals surface area contributed by atoms with Crippen LogP contribution in [0.4, 0.5) is 0 Å². The number of aryl methyl sites for hydroxylation is 1. The molecule has 0 spiro atoms. The fraction of sp³-hybridized carbons (Fsp3) is 0.250. The smallest absolute Gasteiger partial charge is 0.122 e. The second-order valence-corrected chi connectivity index (χ2v) is 5.55. The molecule has 4 heteroatoms. The van der Waals surface area contributed by atoms with Crippen LogP contribution in [0.1, 0.15) is 22.7 Å². The van der Waals surface area contributed by atoms with E-state index >= 15 is 0 Å². The molecule has 2 nitrogen and oxygen atoms in total. The molecule has 1 unspecified atom stereocenters. The van der Waals surface area contributed by atoms with E-state index in [1.165, 1.54) is 0 Å². The Morgan fingerprint density at radius 1 is 1.15 bits per heavy atom. The number of halogens is 2. The maximum Gasteiger partial charge on any atom is 0.122 e. The molecule has 0 aromatic heterocycles. The van der Waals surface area contributed by atoms with Crippen molar-refractivity contribution in [2.45, 2.75) is 19.4 Å². The molecule has 2 N–H and O–H groups in total. The molecule has 2 aromatic rings. The molecule has 0 saturated heterocycles. The van der Waals surface area contributed by atoms with Gasteiger partial charge in [0.1, 0.15) is 5.75 Å². The average molecular weight is 310 g/mol. The van der Waals surface area contributed by atoms with Gasteiger partial charge in [0.2, 0.25) is 0 Å². The number of hydrogen-bond donors (Lipinski definition) is 1. The molecule has 0 radical (unpaired) electrons. The van der Waals surface area contributed by atoms with Gasteiger partial charge in [0.05, 0.1) is 7.11 Å². The van der Waals surface area contributed by atoms with E-state index in [0.29, 0.717) is 16.5 Å². The number of hydrogen-bond acceptors (Lipinski definition) is 2. The third-order valence-electron chi connectivity index (χ3n) is 3.35. The summed E-state index contributed by atoms with van der Waals surface area (Å²) in [5, 5.41) is 1.29. The van der Waals surface area contributed by atoms with Crippen LogP contribution in [0.25, 0.3) is 0 Å². The number of nitrogens with two attached hydrogens (primary N) is 1. The maximum atomic E-state index is 6.27. The van der Waals surface area contributed by atoms with Gasteiger partial charge in [0.25, 0.3) is 0 Å². The van der Waals surface area contributed by atoms with Gasteiger partial charge in [0.15, 0.2) is 0 Å². The second-order valence-electron chi connectivity index (χ2n) is 4.74. The quantitative estimate of drug-likeness (QED) is 0.899. The minimum Gasteiger partial charge on any atom is -0.496 e. The SMILES string of the molecule is COc1cc(C(N)Cc2c(Cl)cccc2Cl)ccc1C. The molecular weight excluding hydrogens is 293 g/mol. The number of rotatable bonds is 4. The van der Waals surface area contributed by atoms with E-state index < -0.39 is 0 Å². The highest BCUT2D eigenvalue weighted by Crippen LogP contribution is 2.30. The van der Waals surface area contributed by atoms with Gasteiger partial charge in [-0.1, -0.05) is 41.4 Å². The third kappa shape index (κ3) is 3.26. The van der Waals surface area contributed by atoms with Crippen molar-refractivity contribution in [2.75, 3.05) is 7.11 Å². The molecular formula is C16H17Cl2NO. The summed E-state index contributed by atoms with van der Waals surface area (Å²) in [6, 6.07) is 11.3. The summed E-state index contributed by atoms with van der Waals surface area (Å²) in [7, 11) is 1.66. The Hall–Kier alpha value is -1.22. The van der Waals surface area contributed by atoms with Crippen molar-refractivity contribution in [2.24, 2.45) is 5.73 Å². The summed E-state index contributed by atoms with van der Waals surface area (Å²) in [6.07, 6.45) is 0.588. The van der Waals surface area contributed by atoms with Gasteiger partial charge in [-0.25, -0.2) is 0 Å². The summed E-state index contributed by atoms with van der Waals surface area (Å²) >= 11 is 12.4. The van der Waals surface area contributed by atoms with Gasteiger partial charge in [-0.3, -0.25) is 0 Å². The monoisotopic (exact) mass is 309 g/mol. The van der Waals surface area contributed by atoms with Gasteiger partial charge in [-0.15, -0.1) is 0 Å². The van der Waals surface area contributed by atoms with Gasteiger partial charge in [0, 0.05) is 16.1 Å². The fourth-order valence-corrected chi connectivity index (χ4v) is 2.68. The van der Waals surface area contributed by atoms with E-state index in [2.05, 4.69) is 0 Å². The van der Waals surface area contributed by atoms with E-state index in [1.54, 1.807) is 7.11 Å². The van der Waals surface area contributed by atoms with E-state index in [-0.39, 0.29) is 6.04 Å². The molecule has 106 valence electrons. The molecule has 1 atom stereocenters. The molecule has 20 heavy (non-hydrogen) atoms. The molecule has 0 bridgehead atoms. The summed E-state index contributed by atoms with van der Waals surface area (Å²) in [4.78, 5) is 0. The molecule has 2 aromatic carbocycles. The van der Waals surface area contributed by atoms with E-state index in [0.717, 1.165) is 22.4 Å². The lowest BCUT2D eigenvalue weighted by atomic mass is 9.98. The van der Waals surface area contributed by atoms with Crippen molar-refractivity contribution in [1.82, 2.24) is 0 Å². The lowest BCUT2D eigenvalue weighted by Gasteiger charge is -2.16. The van der Waals surface area contributed by atoms with Crippen molar-refractivity contribution >= 4 is 23.2 Å². The van der Waals surface area contributed by atoms with Crippen LogP contribution >= 0.6 is 23.2 Å². The summed E-state index contributed by atoms with van der Waals surface area (Å²) in [6.45, 7) is 2.00. The van der Waals surface area contributed by atoms with Gasteiger partial charge < -0.3 is 10.5 Å². The molecule has 0 heterocycles. The standard InChI is InChI=1S/C16H17Cl2NO/c1-10-6-7-11(8-16(10)20-2)15(19)9-12-13(17)4-3-5-14(12)18/h3-8,15H,9,19H2,1-2H3. The average Bonchev–Trinajstić information content (AvgIpc) is 2.43. The highest BCUT2D eigenvalue weighted by molar-refractivity contribution is 6.36. The normalized spacial score (nSPS) is 12.2. The van der Waals surface area contributed by atoms with E-state index in [4.69, 9.17) is 33.7 Å². The Balaban J connectivity index is 2.26. The topological polar surface area (TPSA) is 35.2 Å². The number of benzene rings is 2. The zero-order valence-electron chi connectivity index (χ0n) is 11.5. The van der Waals surface area contributed by atoms with Crippen molar-refractivity contribution < 1.29 is 4.74 Å². The van der Waals surface area contributed by atoms with Crippen LogP contribution in [0, 0.1) is 6.92 Å². The Bertz CT molecular complexity index is 593. The zero-order valence-corrected chi connectivity index (χ0v) is 13.0. The van der Waals surface area contributed by atoms with Gasteiger partial charge >= 0.3 is 0 Å². The first-order valence-electron chi connectivity index (χ1n) is 6.36. The van der Waals surface area contributed by atoms with Crippen molar-refractivity contribution in [3.05, 3.63) is 63.1 Å². The van der Waals surface area contributed by atoms with Crippen LogP contribution in [0.5, 0.6) is 5.75 Å². The largest absolute Gasteiger partial charge is 0.496 e. The lowest BCUT2D eigenvalue weighted by Crippen LogP contribution is -2.14. The Kier molecular flexibility index (Phi) is 4.92. The van der Waals surface area contributed by atoms with Gasteiger partial charge in [-0.2, -0.15) is 0 Å². The van der Waals surface area contributed by atoms with E-state index in [9.17, 15) is 0 Å². The van der Waals surface area contributed by atoms with E-state index in [1.807, 2.05) is 43.3 Å². The third-order valence-corrected chi connectivity index (χ3v) is 4.05. The Morgan fingerprint density at radius 3 is 2.40 bits per heavy atom.